The highest BCUT2D eigenvalue weighted by Crippen LogP contribution is 2.74. The molecule has 206 valence electrons. The Morgan fingerprint density at radius 1 is 0.892 bits per heavy atom. The normalized spacial score (nSPS) is 47.3. The van der Waals surface area contributed by atoms with Crippen LogP contribution in [0.15, 0.2) is 23.8 Å². The van der Waals surface area contributed by atoms with Crippen LogP contribution >= 0.6 is 0 Å². The van der Waals surface area contributed by atoms with Crippen molar-refractivity contribution in [2.45, 2.75) is 113 Å². The fourth-order valence-corrected chi connectivity index (χ4v) is 10.6. The Balaban J connectivity index is 1.57. The van der Waals surface area contributed by atoms with E-state index in [4.69, 9.17) is 9.47 Å². The first-order valence-electron chi connectivity index (χ1n) is 14.7. The maximum Gasteiger partial charge on any atom is 0.316 e. The standard InChI is InChI=1S/C33H50O4/c1-21(34)37-26-13-14-30(6)24(29(26,4)5)12-15-32(8)25(30)11-10-22-23-20-28(2,3)16-18-33(23,27(35)36-9)19-17-31(22,32)7/h10,17,19,23-26H,11-16,18,20H2,1-9H3. The molecule has 0 aliphatic heterocycles. The lowest BCUT2D eigenvalue weighted by Gasteiger charge is -2.70. The first-order valence-corrected chi connectivity index (χ1v) is 14.7. The summed E-state index contributed by atoms with van der Waals surface area (Å²) in [5.41, 5.74) is 1.39. The molecule has 37 heavy (non-hydrogen) atoms. The maximum atomic E-state index is 13.4. The molecule has 0 saturated heterocycles. The highest BCUT2D eigenvalue weighted by molar-refractivity contribution is 5.81. The zero-order valence-electron chi connectivity index (χ0n) is 24.8. The molecule has 0 radical (unpaired) electrons. The van der Waals surface area contributed by atoms with Crippen LogP contribution in [0.4, 0.5) is 0 Å². The van der Waals surface area contributed by atoms with Gasteiger partial charge in [0.2, 0.25) is 0 Å². The smallest absolute Gasteiger partial charge is 0.316 e. The van der Waals surface area contributed by atoms with Crippen molar-refractivity contribution < 1.29 is 19.1 Å². The van der Waals surface area contributed by atoms with Gasteiger partial charge in [-0.2, -0.15) is 0 Å². The van der Waals surface area contributed by atoms with Gasteiger partial charge in [-0.1, -0.05) is 72.3 Å². The molecule has 0 aromatic rings. The summed E-state index contributed by atoms with van der Waals surface area (Å²) in [4.78, 5) is 25.3. The average Bonchev–Trinajstić information content (AvgIpc) is 2.80. The second kappa shape index (κ2) is 8.21. The molecular weight excluding hydrogens is 460 g/mol. The quantitative estimate of drug-likeness (QED) is 0.282. The van der Waals surface area contributed by atoms with Crippen LogP contribution in [-0.4, -0.2) is 25.2 Å². The summed E-state index contributed by atoms with van der Waals surface area (Å²) in [6.45, 7) is 18.5. The van der Waals surface area contributed by atoms with Crippen molar-refractivity contribution in [3.05, 3.63) is 23.8 Å². The number of methoxy groups -OCH3 is 1. The molecule has 0 bridgehead atoms. The van der Waals surface area contributed by atoms with Crippen molar-refractivity contribution in [3.63, 3.8) is 0 Å². The highest BCUT2D eigenvalue weighted by Gasteiger charge is 2.68. The number of hydrogen-bond acceptors (Lipinski definition) is 4. The molecule has 3 saturated carbocycles. The van der Waals surface area contributed by atoms with Gasteiger partial charge in [0.15, 0.2) is 0 Å². The lowest BCUT2D eigenvalue weighted by molar-refractivity contribution is -0.203. The summed E-state index contributed by atoms with van der Waals surface area (Å²) in [6.07, 6.45) is 15.7. The second-order valence-electron chi connectivity index (χ2n) is 15.4. The van der Waals surface area contributed by atoms with Crippen LogP contribution in [0.1, 0.15) is 107 Å². The van der Waals surface area contributed by atoms with Gasteiger partial charge in [-0.05, 0) is 79.4 Å². The van der Waals surface area contributed by atoms with Crippen LogP contribution in [0.5, 0.6) is 0 Å². The maximum absolute atomic E-state index is 13.4. The number of carbonyl (C=O) groups excluding carboxylic acids is 2. The van der Waals surface area contributed by atoms with Crippen LogP contribution in [0, 0.1) is 50.2 Å². The second-order valence-corrected chi connectivity index (χ2v) is 15.4. The third-order valence-electron chi connectivity index (χ3n) is 12.9. The molecule has 5 rings (SSSR count). The van der Waals surface area contributed by atoms with Crippen LogP contribution in [0.3, 0.4) is 0 Å². The largest absolute Gasteiger partial charge is 0.468 e. The fraction of sp³-hybridized carbons (Fsp3) is 0.818. The number of ether oxygens (including phenoxy) is 2. The summed E-state index contributed by atoms with van der Waals surface area (Å²) < 4.78 is 11.3. The van der Waals surface area contributed by atoms with Crippen molar-refractivity contribution in [1.29, 1.82) is 0 Å². The molecule has 3 fully saturated rings. The van der Waals surface area contributed by atoms with Gasteiger partial charge < -0.3 is 9.47 Å². The number of hydrogen-bond donors (Lipinski definition) is 0. The van der Waals surface area contributed by atoms with Gasteiger partial charge in [-0.15, -0.1) is 0 Å². The molecular formula is C33H50O4. The summed E-state index contributed by atoms with van der Waals surface area (Å²) in [7, 11) is 1.55. The van der Waals surface area contributed by atoms with Gasteiger partial charge in [0.1, 0.15) is 6.10 Å². The van der Waals surface area contributed by atoms with E-state index in [0.29, 0.717) is 11.8 Å². The molecule has 0 aromatic carbocycles. The van der Waals surface area contributed by atoms with Gasteiger partial charge in [-0.25, -0.2) is 0 Å². The van der Waals surface area contributed by atoms with Crippen molar-refractivity contribution in [2.75, 3.05) is 7.11 Å². The lowest BCUT2D eigenvalue weighted by Crippen LogP contribution is -2.64. The van der Waals surface area contributed by atoms with Crippen LogP contribution < -0.4 is 0 Å². The van der Waals surface area contributed by atoms with E-state index in [0.717, 1.165) is 51.4 Å². The number of allylic oxidation sites excluding steroid dienone is 3. The number of esters is 2. The molecule has 0 heterocycles. The van der Waals surface area contributed by atoms with Gasteiger partial charge in [0.25, 0.3) is 0 Å². The minimum atomic E-state index is -0.524. The van der Waals surface area contributed by atoms with Gasteiger partial charge in [-0.3, -0.25) is 9.59 Å². The van der Waals surface area contributed by atoms with Crippen LogP contribution in [-0.2, 0) is 19.1 Å². The van der Waals surface area contributed by atoms with Gasteiger partial charge in [0.05, 0.1) is 12.5 Å². The summed E-state index contributed by atoms with van der Waals surface area (Å²) in [5, 5.41) is 0. The molecule has 4 heteroatoms. The Morgan fingerprint density at radius 2 is 1.59 bits per heavy atom. The number of rotatable bonds is 2. The Labute approximate surface area is 225 Å². The number of carbonyl (C=O) groups is 2. The molecule has 8 atom stereocenters. The van der Waals surface area contributed by atoms with Gasteiger partial charge >= 0.3 is 11.9 Å². The topological polar surface area (TPSA) is 52.6 Å². The van der Waals surface area contributed by atoms with Crippen molar-refractivity contribution in [3.8, 4) is 0 Å². The Bertz CT molecular complexity index is 1050. The summed E-state index contributed by atoms with van der Waals surface area (Å²) in [6, 6.07) is 0. The Morgan fingerprint density at radius 3 is 2.24 bits per heavy atom. The lowest BCUT2D eigenvalue weighted by atomic mass is 9.34. The van der Waals surface area contributed by atoms with E-state index in [1.165, 1.54) is 5.57 Å². The summed E-state index contributed by atoms with van der Waals surface area (Å²) >= 11 is 0. The summed E-state index contributed by atoms with van der Waals surface area (Å²) in [5.74, 6) is 1.07. The molecule has 0 aromatic heterocycles. The van der Waals surface area contributed by atoms with E-state index in [2.05, 4.69) is 66.7 Å². The van der Waals surface area contributed by atoms with Crippen LogP contribution in [0.25, 0.3) is 0 Å². The van der Waals surface area contributed by atoms with Crippen LogP contribution in [0.2, 0.25) is 0 Å². The predicted molar refractivity (Wildman–Crippen MR) is 147 cm³/mol. The van der Waals surface area contributed by atoms with Crippen molar-refractivity contribution in [1.82, 2.24) is 0 Å². The SMILES string of the molecule is COC(=O)C12C=CC3(C)C(=CCC4C5(C)CCC(OC(C)=O)C(C)(C)C5CCC43C)C1CC(C)(C)CC2. The predicted octanol–water partition coefficient (Wildman–Crippen LogP) is 7.67. The molecule has 8 unspecified atom stereocenters. The molecule has 4 nitrogen and oxygen atoms in total. The van der Waals surface area contributed by atoms with E-state index in [1.807, 2.05) is 0 Å². The molecule has 0 amide bonds. The highest BCUT2D eigenvalue weighted by atomic mass is 16.5. The molecule has 5 aliphatic carbocycles. The third kappa shape index (κ3) is 3.52. The third-order valence-corrected chi connectivity index (χ3v) is 12.9. The van der Waals surface area contributed by atoms with Crippen molar-refractivity contribution >= 4 is 11.9 Å². The van der Waals surface area contributed by atoms with E-state index in [-0.39, 0.29) is 51.0 Å². The molecule has 0 spiro atoms. The minimum Gasteiger partial charge on any atom is -0.468 e. The van der Waals surface area contributed by atoms with E-state index in [1.54, 1.807) is 14.0 Å². The van der Waals surface area contributed by atoms with Gasteiger partial charge in [0, 0.05) is 23.7 Å². The first-order chi connectivity index (χ1) is 17.1. The Kier molecular flexibility index (Phi) is 5.99. The van der Waals surface area contributed by atoms with E-state index in [9.17, 15) is 9.59 Å². The number of fused-ring (bicyclic) bond motifs is 7. The molecule has 5 aliphatic rings. The van der Waals surface area contributed by atoms with Crippen molar-refractivity contribution in [2.24, 2.45) is 50.2 Å². The Hall–Kier alpha value is -1.58. The van der Waals surface area contributed by atoms with E-state index >= 15 is 0 Å². The van der Waals surface area contributed by atoms with E-state index < -0.39 is 5.41 Å². The average molecular weight is 511 g/mol. The zero-order valence-corrected chi connectivity index (χ0v) is 24.8. The molecule has 0 N–H and O–H groups in total. The fourth-order valence-electron chi connectivity index (χ4n) is 10.6. The first kappa shape index (κ1) is 27.0. The monoisotopic (exact) mass is 510 g/mol. The minimum absolute atomic E-state index is 0.00238. The zero-order chi connectivity index (χ0) is 27.2.